The molecule has 0 bridgehead atoms. The SMILES string of the molecule is CCOc1ccc(CNC(=O)c2cnn3c(C(F)F)cc(-c4ccc(F)cc4)nc23)cc1OCC. The summed E-state index contributed by atoms with van der Waals surface area (Å²) in [7, 11) is 0. The van der Waals surface area contributed by atoms with E-state index in [4.69, 9.17) is 9.47 Å². The van der Waals surface area contributed by atoms with Crippen molar-refractivity contribution in [3.63, 3.8) is 0 Å². The molecule has 0 radical (unpaired) electrons. The van der Waals surface area contributed by atoms with Crippen LogP contribution in [0.15, 0.2) is 54.7 Å². The highest BCUT2D eigenvalue weighted by Crippen LogP contribution is 2.29. The van der Waals surface area contributed by atoms with E-state index in [2.05, 4.69) is 15.4 Å². The Morgan fingerprint density at radius 2 is 1.74 bits per heavy atom. The van der Waals surface area contributed by atoms with Crippen molar-refractivity contribution in [3.8, 4) is 22.8 Å². The molecule has 0 fully saturated rings. The molecule has 2 aromatic carbocycles. The number of ether oxygens (including phenoxy) is 2. The van der Waals surface area contributed by atoms with E-state index in [0.717, 1.165) is 10.1 Å². The van der Waals surface area contributed by atoms with Crippen molar-refractivity contribution >= 4 is 11.6 Å². The number of alkyl halides is 2. The van der Waals surface area contributed by atoms with Gasteiger partial charge in [0.1, 0.15) is 17.1 Å². The number of hydrogen-bond acceptors (Lipinski definition) is 5. The second-order valence-electron chi connectivity index (χ2n) is 7.50. The molecule has 7 nitrogen and oxygen atoms in total. The molecule has 4 rings (SSSR count). The van der Waals surface area contributed by atoms with Crippen LogP contribution in [0.25, 0.3) is 16.9 Å². The van der Waals surface area contributed by atoms with Crippen molar-refractivity contribution < 1.29 is 27.4 Å². The second kappa shape index (κ2) is 10.5. The number of rotatable bonds is 9. The summed E-state index contributed by atoms with van der Waals surface area (Å²) in [5, 5.41) is 6.72. The number of nitrogens with one attached hydrogen (secondary N) is 1. The lowest BCUT2D eigenvalue weighted by Gasteiger charge is -2.13. The van der Waals surface area contributed by atoms with Gasteiger partial charge in [-0.25, -0.2) is 22.7 Å². The van der Waals surface area contributed by atoms with Crippen LogP contribution in [0.3, 0.4) is 0 Å². The minimum absolute atomic E-state index is 0.0266. The highest BCUT2D eigenvalue weighted by Gasteiger charge is 2.21. The minimum Gasteiger partial charge on any atom is -0.490 e. The van der Waals surface area contributed by atoms with Gasteiger partial charge in [-0.3, -0.25) is 4.79 Å². The summed E-state index contributed by atoms with van der Waals surface area (Å²) in [5.41, 5.74) is 0.945. The van der Waals surface area contributed by atoms with E-state index >= 15 is 0 Å². The van der Waals surface area contributed by atoms with Gasteiger partial charge in [-0.05, 0) is 61.9 Å². The number of nitrogens with zero attached hydrogens (tertiary/aromatic N) is 3. The van der Waals surface area contributed by atoms with Crippen LogP contribution in [0.4, 0.5) is 13.2 Å². The maximum atomic E-state index is 13.8. The van der Waals surface area contributed by atoms with Crippen LogP contribution in [0.2, 0.25) is 0 Å². The van der Waals surface area contributed by atoms with Gasteiger partial charge in [0.05, 0.1) is 25.1 Å². The first-order valence-corrected chi connectivity index (χ1v) is 11.0. The third kappa shape index (κ3) is 5.21. The molecule has 1 N–H and O–H groups in total. The molecule has 0 unspecified atom stereocenters. The monoisotopic (exact) mass is 484 g/mol. The third-order valence-corrected chi connectivity index (χ3v) is 5.17. The number of benzene rings is 2. The Bertz CT molecular complexity index is 1340. The first-order chi connectivity index (χ1) is 16.9. The van der Waals surface area contributed by atoms with Crippen molar-refractivity contribution in [1.29, 1.82) is 0 Å². The van der Waals surface area contributed by atoms with E-state index in [9.17, 15) is 18.0 Å². The minimum atomic E-state index is -2.86. The molecule has 0 saturated heterocycles. The number of carbonyl (C=O) groups excluding carboxylic acids is 1. The molecule has 2 heterocycles. The first kappa shape index (κ1) is 24.1. The first-order valence-electron chi connectivity index (χ1n) is 11.0. The van der Waals surface area contributed by atoms with E-state index in [1.54, 1.807) is 18.2 Å². The van der Waals surface area contributed by atoms with Gasteiger partial charge in [0.25, 0.3) is 12.3 Å². The summed E-state index contributed by atoms with van der Waals surface area (Å²) in [4.78, 5) is 17.3. The summed E-state index contributed by atoms with van der Waals surface area (Å²) in [6, 6.07) is 11.8. The zero-order valence-electron chi connectivity index (χ0n) is 19.1. The fraction of sp³-hybridized carbons (Fsp3) is 0.240. The third-order valence-electron chi connectivity index (χ3n) is 5.17. The molecule has 10 heteroatoms. The molecular weight excluding hydrogens is 461 g/mol. The van der Waals surface area contributed by atoms with Gasteiger partial charge in [-0.15, -0.1) is 0 Å². The van der Waals surface area contributed by atoms with Crippen LogP contribution in [0, 0.1) is 5.82 Å². The van der Waals surface area contributed by atoms with Crippen LogP contribution in [0.1, 0.15) is 41.9 Å². The highest BCUT2D eigenvalue weighted by atomic mass is 19.3. The number of halogens is 3. The Labute approximate surface area is 199 Å². The van der Waals surface area contributed by atoms with Crippen LogP contribution in [-0.4, -0.2) is 33.7 Å². The van der Waals surface area contributed by atoms with Crippen molar-refractivity contribution in [3.05, 3.63) is 77.4 Å². The number of aromatic nitrogens is 3. The molecule has 2 aromatic heterocycles. The average molecular weight is 484 g/mol. The zero-order chi connectivity index (χ0) is 24.9. The van der Waals surface area contributed by atoms with Crippen LogP contribution in [-0.2, 0) is 6.54 Å². The molecule has 0 aliphatic rings. The molecular formula is C25H23F3N4O3. The maximum absolute atomic E-state index is 13.8. The van der Waals surface area contributed by atoms with Crippen molar-refractivity contribution in [1.82, 2.24) is 19.9 Å². The molecule has 0 spiro atoms. The highest BCUT2D eigenvalue weighted by molar-refractivity contribution is 5.99. The summed E-state index contributed by atoms with van der Waals surface area (Å²) in [5.74, 6) is 0.166. The predicted octanol–water partition coefficient (Wildman–Crippen LogP) is 5.20. The Morgan fingerprint density at radius 1 is 1.03 bits per heavy atom. The largest absolute Gasteiger partial charge is 0.490 e. The van der Waals surface area contributed by atoms with Gasteiger partial charge in [0.2, 0.25) is 0 Å². The van der Waals surface area contributed by atoms with Crippen molar-refractivity contribution in [2.24, 2.45) is 0 Å². The lowest BCUT2D eigenvalue weighted by atomic mass is 10.1. The zero-order valence-corrected chi connectivity index (χ0v) is 19.1. The van der Waals surface area contributed by atoms with Crippen molar-refractivity contribution in [2.45, 2.75) is 26.8 Å². The fourth-order valence-corrected chi connectivity index (χ4v) is 3.55. The lowest BCUT2D eigenvalue weighted by molar-refractivity contribution is 0.0952. The summed E-state index contributed by atoms with van der Waals surface area (Å²) in [6.45, 7) is 4.82. The van der Waals surface area contributed by atoms with Crippen molar-refractivity contribution in [2.75, 3.05) is 13.2 Å². The van der Waals surface area contributed by atoms with Gasteiger partial charge >= 0.3 is 0 Å². The average Bonchev–Trinajstić information content (AvgIpc) is 3.28. The van der Waals surface area contributed by atoms with Crippen LogP contribution >= 0.6 is 0 Å². The normalized spacial score (nSPS) is 11.1. The number of fused-ring (bicyclic) bond motifs is 1. The van der Waals surface area contributed by atoms with Crippen LogP contribution in [0.5, 0.6) is 11.5 Å². The number of amides is 1. The van der Waals surface area contributed by atoms with E-state index in [0.29, 0.717) is 30.3 Å². The summed E-state index contributed by atoms with van der Waals surface area (Å²) >= 11 is 0. The van der Waals surface area contributed by atoms with E-state index < -0.39 is 23.8 Å². The number of carbonyl (C=O) groups is 1. The molecule has 4 aromatic rings. The van der Waals surface area contributed by atoms with E-state index in [1.807, 2.05) is 13.8 Å². The van der Waals surface area contributed by atoms with Gasteiger partial charge in [0.15, 0.2) is 17.1 Å². The fourth-order valence-electron chi connectivity index (χ4n) is 3.55. The van der Waals surface area contributed by atoms with E-state index in [1.165, 1.54) is 36.5 Å². The Balaban J connectivity index is 1.62. The summed E-state index contributed by atoms with van der Waals surface area (Å²) in [6.07, 6.45) is -1.67. The smallest absolute Gasteiger partial charge is 0.280 e. The van der Waals surface area contributed by atoms with Gasteiger partial charge in [-0.2, -0.15) is 5.10 Å². The van der Waals surface area contributed by atoms with Crippen LogP contribution < -0.4 is 14.8 Å². The van der Waals surface area contributed by atoms with E-state index in [-0.39, 0.29) is 23.4 Å². The molecule has 182 valence electrons. The Morgan fingerprint density at radius 3 is 2.43 bits per heavy atom. The molecule has 0 atom stereocenters. The maximum Gasteiger partial charge on any atom is 0.280 e. The number of hydrogen-bond donors (Lipinski definition) is 1. The topological polar surface area (TPSA) is 77.8 Å². The molecule has 1 amide bonds. The molecule has 35 heavy (non-hydrogen) atoms. The standard InChI is InChI=1S/C25H23F3N4O3/c1-3-34-21-10-5-15(11-22(21)35-4-2)13-29-25(33)18-14-30-32-20(23(27)28)12-19(31-24(18)32)16-6-8-17(26)9-7-16/h5-12,14,23H,3-4,13H2,1-2H3,(H,29,33). The Hall–Kier alpha value is -4.08. The quantitative estimate of drug-likeness (QED) is 0.353. The summed E-state index contributed by atoms with van der Waals surface area (Å²) < 4.78 is 52.9. The Kier molecular flexibility index (Phi) is 7.19. The van der Waals surface area contributed by atoms with Gasteiger partial charge < -0.3 is 14.8 Å². The molecule has 0 aliphatic heterocycles. The van der Waals surface area contributed by atoms with Gasteiger partial charge in [0, 0.05) is 12.1 Å². The lowest BCUT2D eigenvalue weighted by Crippen LogP contribution is -2.23. The van der Waals surface area contributed by atoms with Gasteiger partial charge in [-0.1, -0.05) is 6.07 Å². The molecule has 0 aliphatic carbocycles. The second-order valence-corrected chi connectivity index (χ2v) is 7.50. The molecule has 0 saturated carbocycles. The predicted molar refractivity (Wildman–Crippen MR) is 123 cm³/mol.